The number of likely N-dealkylation sites (tertiary alicyclic amines) is 1. The first kappa shape index (κ1) is 43.3. The zero-order chi connectivity index (χ0) is 42.4. The maximum absolute atomic E-state index is 14.3. The second-order valence-corrected chi connectivity index (χ2v) is 22.6. The van der Waals surface area contributed by atoms with Crippen LogP contribution in [0.2, 0.25) is 0 Å². The lowest BCUT2D eigenvalue weighted by Gasteiger charge is -2.72. The van der Waals surface area contributed by atoms with Gasteiger partial charge in [0.25, 0.3) is 0 Å². The molecule has 1 aliphatic heterocycles. The van der Waals surface area contributed by atoms with E-state index in [1.165, 1.54) is 5.57 Å². The van der Waals surface area contributed by atoms with E-state index in [4.69, 9.17) is 4.74 Å². The van der Waals surface area contributed by atoms with E-state index in [0.717, 1.165) is 76.2 Å². The molecule has 0 aromatic heterocycles. The van der Waals surface area contributed by atoms with Gasteiger partial charge in [0.15, 0.2) is 5.78 Å². The van der Waals surface area contributed by atoms with E-state index in [1.54, 1.807) is 18.7 Å². The van der Waals surface area contributed by atoms with Gasteiger partial charge in [-0.2, -0.15) is 0 Å². The smallest absolute Gasteiger partial charge is 0.309 e. The first-order chi connectivity index (χ1) is 27.0. The third kappa shape index (κ3) is 6.80. The van der Waals surface area contributed by atoms with Crippen molar-refractivity contribution in [1.82, 2.24) is 9.80 Å². The Labute approximate surface area is 347 Å². The van der Waals surface area contributed by atoms with Crippen molar-refractivity contribution in [2.45, 2.75) is 171 Å². The topological polar surface area (TPSA) is 142 Å². The lowest BCUT2D eigenvalue weighted by Crippen LogP contribution is -2.66. The summed E-state index contributed by atoms with van der Waals surface area (Å²) in [5.41, 5.74) is -0.142. The van der Waals surface area contributed by atoms with E-state index in [-0.39, 0.29) is 76.7 Å². The highest BCUT2D eigenvalue weighted by Gasteiger charge is 2.71. The molecule has 1 heterocycles. The van der Waals surface area contributed by atoms with Gasteiger partial charge in [-0.1, -0.05) is 60.5 Å². The Morgan fingerprint density at radius 1 is 0.897 bits per heavy atom. The predicted octanol–water partition coefficient (Wildman–Crippen LogP) is 7.99. The van der Waals surface area contributed by atoms with Crippen LogP contribution in [0, 0.1) is 62.1 Å². The lowest BCUT2D eigenvalue weighted by atomic mass is 9.33. The van der Waals surface area contributed by atoms with Crippen molar-refractivity contribution >= 4 is 29.5 Å². The molecular weight excluding hydrogens is 733 g/mol. The number of esters is 1. The van der Waals surface area contributed by atoms with E-state index < -0.39 is 28.9 Å². The summed E-state index contributed by atoms with van der Waals surface area (Å²) in [6, 6.07) is 0. The van der Waals surface area contributed by atoms with Gasteiger partial charge in [-0.05, 0) is 136 Å². The molecule has 6 aliphatic carbocycles. The van der Waals surface area contributed by atoms with E-state index in [9.17, 15) is 34.2 Å². The molecular formula is C48H74N2O8. The molecule has 58 heavy (non-hydrogen) atoms. The number of aliphatic carboxylic acids is 1. The number of Topliss-reactive ketones (excluding diaryl/α,β-unsaturated/α-hetero) is 1. The molecule has 10 nitrogen and oxygen atoms in total. The number of carbonyl (C=O) groups is 5. The molecule has 10 heteroatoms. The zero-order valence-electron chi connectivity index (χ0n) is 37.2. The Kier molecular flexibility index (Phi) is 11.2. The highest BCUT2D eigenvalue weighted by atomic mass is 16.5. The van der Waals surface area contributed by atoms with Crippen LogP contribution < -0.4 is 0 Å². The van der Waals surface area contributed by atoms with Gasteiger partial charge in [0.1, 0.15) is 6.10 Å². The fourth-order valence-electron chi connectivity index (χ4n) is 14.7. The Bertz CT molecular complexity index is 1730. The molecule has 0 radical (unpaired) electrons. The molecule has 324 valence electrons. The van der Waals surface area contributed by atoms with Crippen LogP contribution in [0.3, 0.4) is 0 Å². The Hall–Kier alpha value is -2.75. The number of amides is 2. The predicted molar refractivity (Wildman–Crippen MR) is 221 cm³/mol. The van der Waals surface area contributed by atoms with Crippen LogP contribution in [0.4, 0.5) is 0 Å². The highest BCUT2D eigenvalue weighted by molar-refractivity contribution is 6.01. The van der Waals surface area contributed by atoms with Crippen LogP contribution in [-0.2, 0) is 28.7 Å². The largest absolute Gasteiger partial charge is 0.481 e. The molecule has 9 atom stereocenters. The van der Waals surface area contributed by atoms with Crippen molar-refractivity contribution in [3.8, 4) is 0 Å². The second-order valence-electron chi connectivity index (χ2n) is 22.6. The van der Waals surface area contributed by atoms with E-state index in [2.05, 4.69) is 48.5 Å². The molecule has 0 aromatic rings. The van der Waals surface area contributed by atoms with Gasteiger partial charge < -0.3 is 24.7 Å². The molecule has 0 bridgehead atoms. The van der Waals surface area contributed by atoms with Crippen LogP contribution in [0.1, 0.15) is 159 Å². The molecule has 7 rings (SSSR count). The van der Waals surface area contributed by atoms with Crippen molar-refractivity contribution in [3.05, 3.63) is 11.1 Å². The summed E-state index contributed by atoms with van der Waals surface area (Å²) < 4.78 is 6.18. The van der Waals surface area contributed by atoms with Crippen LogP contribution >= 0.6 is 0 Å². The summed E-state index contributed by atoms with van der Waals surface area (Å²) in [6.45, 7) is 20.9. The minimum Gasteiger partial charge on any atom is -0.481 e. The minimum absolute atomic E-state index is 0.0153. The van der Waals surface area contributed by atoms with Gasteiger partial charge in [0, 0.05) is 43.3 Å². The van der Waals surface area contributed by atoms with E-state index in [1.807, 2.05) is 4.90 Å². The van der Waals surface area contributed by atoms with Crippen LogP contribution in [0.25, 0.3) is 0 Å². The van der Waals surface area contributed by atoms with Crippen molar-refractivity contribution in [3.63, 3.8) is 0 Å². The summed E-state index contributed by atoms with van der Waals surface area (Å²) in [5, 5.41) is 22.3. The normalized spacial score (nSPS) is 37.7. The molecule has 9 unspecified atom stereocenters. The van der Waals surface area contributed by atoms with Gasteiger partial charge in [0.05, 0.1) is 24.5 Å². The molecule has 0 aromatic carbocycles. The standard InChI is InChI=1S/C48H74N2O8/c1-29(2)40-32(51)24-48(35(52)27-50(26-30-12-10-13-30)38(54)28-49-23-11-14-37(49)53)22-21-46(8)31(41(40)48)15-16-34-45(7)19-18-36(58-39(55)25-43(3,4)42(56)57)44(5,6)33(45)17-20-47(34,46)9/h29-31,33-36,52H,10-28H2,1-9H3,(H,56,57). The maximum Gasteiger partial charge on any atom is 0.309 e. The number of allylic oxidation sites excluding steroid dienone is 1. The number of carboxylic acids is 1. The first-order valence-electron chi connectivity index (χ1n) is 23.0. The molecule has 1 saturated heterocycles. The van der Waals surface area contributed by atoms with Crippen molar-refractivity contribution in [2.24, 2.45) is 62.1 Å². The van der Waals surface area contributed by atoms with Crippen molar-refractivity contribution < 1.29 is 38.9 Å². The average molecular weight is 807 g/mol. The zero-order valence-corrected chi connectivity index (χ0v) is 37.2. The van der Waals surface area contributed by atoms with Gasteiger partial charge in [-0.15, -0.1) is 0 Å². The van der Waals surface area contributed by atoms with Gasteiger partial charge in [-0.3, -0.25) is 24.0 Å². The number of carboxylic acid groups (broad SMARTS) is 1. The first-order valence-corrected chi connectivity index (χ1v) is 23.0. The third-order valence-corrected chi connectivity index (χ3v) is 18.4. The number of carbonyl (C=O) groups excluding carboxylic acids is 4. The molecule has 2 amide bonds. The fraction of sp³-hybridized carbons (Fsp3) is 0.854. The molecule has 5 saturated carbocycles. The summed E-state index contributed by atoms with van der Waals surface area (Å²) >= 11 is 0. The SMILES string of the molecule is CC(C)C1=C2C3CCC4C5(C)CCC(OC(=O)CC(C)(C)C(=O)O)C(C)(C)C5CCC4(C)C3(C)CCC2(C(O)CN(CC2CCC2)C(=O)CN2CCCC2=O)CC1=O. The Balaban J connectivity index is 1.15. The van der Waals surface area contributed by atoms with Crippen molar-refractivity contribution in [1.29, 1.82) is 0 Å². The minimum atomic E-state index is -1.19. The maximum atomic E-state index is 14.3. The van der Waals surface area contributed by atoms with Crippen LogP contribution in [0.5, 0.6) is 0 Å². The number of ketones is 1. The number of rotatable bonds is 12. The summed E-state index contributed by atoms with van der Waals surface area (Å²) in [7, 11) is 0. The number of hydrogen-bond donors (Lipinski definition) is 2. The fourth-order valence-corrected chi connectivity index (χ4v) is 14.7. The quantitative estimate of drug-likeness (QED) is 0.189. The molecule has 6 fully saturated rings. The lowest BCUT2D eigenvalue weighted by molar-refractivity contribution is -0.235. The molecule has 0 spiro atoms. The monoisotopic (exact) mass is 807 g/mol. The Morgan fingerprint density at radius 2 is 1.60 bits per heavy atom. The highest BCUT2D eigenvalue weighted by Crippen LogP contribution is 2.77. The molecule has 2 N–H and O–H groups in total. The summed E-state index contributed by atoms with van der Waals surface area (Å²) in [5.74, 6) is 0.0205. The van der Waals surface area contributed by atoms with Gasteiger partial charge in [-0.25, -0.2) is 0 Å². The number of ether oxygens (including phenoxy) is 1. The summed E-state index contributed by atoms with van der Waals surface area (Å²) in [4.78, 5) is 69.3. The molecule has 7 aliphatic rings. The number of nitrogens with zero attached hydrogens (tertiary/aromatic N) is 2. The third-order valence-electron chi connectivity index (χ3n) is 18.4. The Morgan fingerprint density at radius 3 is 2.21 bits per heavy atom. The van der Waals surface area contributed by atoms with Crippen molar-refractivity contribution in [2.75, 3.05) is 26.2 Å². The van der Waals surface area contributed by atoms with Gasteiger partial charge >= 0.3 is 11.9 Å². The number of fused-ring (bicyclic) bond motifs is 7. The number of hydrogen-bond acceptors (Lipinski definition) is 7. The second kappa shape index (κ2) is 15.0. The number of aliphatic hydroxyl groups is 1. The average Bonchev–Trinajstić information content (AvgIpc) is 3.66. The van der Waals surface area contributed by atoms with Crippen LogP contribution in [-0.4, -0.2) is 87.9 Å². The summed E-state index contributed by atoms with van der Waals surface area (Å²) in [6.07, 6.45) is 10.9. The number of aliphatic hydroxyl groups excluding tert-OH is 1. The van der Waals surface area contributed by atoms with Crippen LogP contribution in [0.15, 0.2) is 11.1 Å². The van der Waals surface area contributed by atoms with E-state index >= 15 is 0 Å². The van der Waals surface area contributed by atoms with Gasteiger partial charge in [0.2, 0.25) is 11.8 Å². The van der Waals surface area contributed by atoms with E-state index in [0.29, 0.717) is 50.1 Å².